The quantitative estimate of drug-likeness (QED) is 0.845. The van der Waals surface area contributed by atoms with Gasteiger partial charge in [-0.25, -0.2) is 0 Å². The summed E-state index contributed by atoms with van der Waals surface area (Å²) >= 11 is 9.51. The summed E-state index contributed by atoms with van der Waals surface area (Å²) in [6.07, 6.45) is 4.17. The lowest BCUT2D eigenvalue weighted by Gasteiger charge is -2.35. The summed E-state index contributed by atoms with van der Waals surface area (Å²) in [4.78, 5) is 14.5. The lowest BCUT2D eigenvalue weighted by molar-refractivity contribution is 0.0610. The molecule has 1 aliphatic rings. The molecular formula is C14H17BrClNO2. The molecule has 3 nitrogen and oxygen atoms in total. The number of phenols is 1. The number of carbonyl (C=O) groups is 1. The van der Waals surface area contributed by atoms with Crippen molar-refractivity contribution >= 4 is 33.4 Å². The van der Waals surface area contributed by atoms with Gasteiger partial charge >= 0.3 is 0 Å². The number of hydrogen-bond acceptors (Lipinski definition) is 2. The average Bonchev–Trinajstić information content (AvgIpc) is 2.42. The Morgan fingerprint density at radius 1 is 1.47 bits per heavy atom. The predicted molar refractivity (Wildman–Crippen MR) is 80.2 cm³/mol. The van der Waals surface area contributed by atoms with Crippen LogP contribution in [0.5, 0.6) is 5.75 Å². The molecule has 1 amide bonds. The molecule has 1 aromatic rings. The Labute approximate surface area is 126 Å². The minimum Gasteiger partial charge on any atom is -0.508 e. The van der Waals surface area contributed by atoms with Crippen molar-refractivity contribution in [3.8, 4) is 5.75 Å². The van der Waals surface area contributed by atoms with Gasteiger partial charge in [0.15, 0.2) is 0 Å². The zero-order valence-corrected chi connectivity index (χ0v) is 13.0. The predicted octanol–water partition coefficient (Wildman–Crippen LogP) is 3.83. The molecule has 1 atom stereocenters. The van der Waals surface area contributed by atoms with E-state index in [0.717, 1.165) is 37.6 Å². The zero-order chi connectivity index (χ0) is 13.8. The third-order valence-corrected chi connectivity index (χ3v) is 4.30. The minimum atomic E-state index is -0.0773. The van der Waals surface area contributed by atoms with Crippen LogP contribution in [-0.4, -0.2) is 33.8 Å². The number of rotatable bonds is 3. The molecule has 1 unspecified atom stereocenters. The maximum absolute atomic E-state index is 12.6. The van der Waals surface area contributed by atoms with Crippen LogP contribution in [0.1, 0.15) is 36.0 Å². The number of halogens is 2. The number of piperidine rings is 1. The van der Waals surface area contributed by atoms with Gasteiger partial charge in [0.05, 0.1) is 10.6 Å². The molecule has 1 aromatic carbocycles. The van der Waals surface area contributed by atoms with E-state index in [1.165, 1.54) is 12.1 Å². The van der Waals surface area contributed by atoms with Crippen LogP contribution in [-0.2, 0) is 0 Å². The highest BCUT2D eigenvalue weighted by Gasteiger charge is 2.28. The summed E-state index contributed by atoms with van der Waals surface area (Å²) < 4.78 is 0. The first-order valence-corrected chi connectivity index (χ1v) is 7.99. The lowest BCUT2D eigenvalue weighted by Crippen LogP contribution is -2.44. The molecule has 1 saturated heterocycles. The van der Waals surface area contributed by atoms with Gasteiger partial charge in [0.25, 0.3) is 5.91 Å². The summed E-state index contributed by atoms with van der Waals surface area (Å²) in [6.45, 7) is 0.766. The fraction of sp³-hybridized carbons (Fsp3) is 0.500. The molecule has 1 fully saturated rings. The average molecular weight is 347 g/mol. The van der Waals surface area contributed by atoms with E-state index in [1.54, 1.807) is 6.07 Å². The summed E-state index contributed by atoms with van der Waals surface area (Å²) in [7, 11) is 0. The number of aromatic hydroxyl groups is 1. The summed E-state index contributed by atoms with van der Waals surface area (Å²) in [5.74, 6) is -0.00616. The highest BCUT2D eigenvalue weighted by Crippen LogP contribution is 2.27. The molecule has 1 N–H and O–H groups in total. The number of likely N-dealkylation sites (tertiary alicyclic amines) is 1. The summed E-state index contributed by atoms with van der Waals surface area (Å²) in [6, 6.07) is 4.77. The Morgan fingerprint density at radius 3 is 3.00 bits per heavy atom. The number of nitrogens with zero attached hydrogens (tertiary/aromatic N) is 1. The molecular weight excluding hydrogens is 330 g/mol. The van der Waals surface area contributed by atoms with Crippen LogP contribution in [0.4, 0.5) is 0 Å². The first-order chi connectivity index (χ1) is 9.13. The Morgan fingerprint density at radius 2 is 2.26 bits per heavy atom. The Kier molecular flexibility index (Phi) is 5.11. The van der Waals surface area contributed by atoms with Gasteiger partial charge in [-0.1, -0.05) is 27.5 Å². The Hall–Kier alpha value is -0.740. The SMILES string of the molecule is O=C(c1cc(O)ccc1Cl)N1CCCCC1CCBr. The zero-order valence-electron chi connectivity index (χ0n) is 10.6. The summed E-state index contributed by atoms with van der Waals surface area (Å²) in [5.41, 5.74) is 0.392. The highest BCUT2D eigenvalue weighted by atomic mass is 79.9. The van der Waals surface area contributed by atoms with Gasteiger partial charge in [0, 0.05) is 17.9 Å². The van der Waals surface area contributed by atoms with Crippen LogP contribution in [0.2, 0.25) is 5.02 Å². The van der Waals surface area contributed by atoms with Crippen LogP contribution in [0.3, 0.4) is 0 Å². The van der Waals surface area contributed by atoms with Crippen LogP contribution in [0.25, 0.3) is 0 Å². The molecule has 0 radical (unpaired) electrons. The van der Waals surface area contributed by atoms with Crippen molar-refractivity contribution in [3.05, 3.63) is 28.8 Å². The third kappa shape index (κ3) is 3.42. The smallest absolute Gasteiger partial charge is 0.255 e. The van der Waals surface area contributed by atoms with Gasteiger partial charge < -0.3 is 10.0 Å². The van der Waals surface area contributed by atoms with Gasteiger partial charge in [-0.2, -0.15) is 0 Å². The van der Waals surface area contributed by atoms with E-state index < -0.39 is 0 Å². The molecule has 5 heteroatoms. The van der Waals surface area contributed by atoms with E-state index in [-0.39, 0.29) is 17.7 Å². The molecule has 0 spiro atoms. The van der Waals surface area contributed by atoms with Crippen molar-refractivity contribution in [1.29, 1.82) is 0 Å². The second-order valence-electron chi connectivity index (χ2n) is 4.79. The minimum absolute atomic E-state index is 0.0711. The number of carbonyl (C=O) groups excluding carboxylic acids is 1. The van der Waals surface area contributed by atoms with E-state index in [2.05, 4.69) is 15.9 Å². The Bertz CT molecular complexity index is 465. The van der Waals surface area contributed by atoms with Crippen molar-refractivity contribution < 1.29 is 9.90 Å². The topological polar surface area (TPSA) is 40.5 Å². The largest absolute Gasteiger partial charge is 0.508 e. The first kappa shape index (κ1) is 14.7. The molecule has 0 saturated carbocycles. The van der Waals surface area contributed by atoms with E-state index >= 15 is 0 Å². The van der Waals surface area contributed by atoms with Gasteiger partial charge in [-0.15, -0.1) is 0 Å². The number of hydrogen-bond donors (Lipinski definition) is 1. The van der Waals surface area contributed by atoms with E-state index in [9.17, 15) is 9.90 Å². The normalized spacial score (nSPS) is 19.5. The maximum Gasteiger partial charge on any atom is 0.255 e. The molecule has 1 heterocycles. The van der Waals surface area contributed by atoms with E-state index in [0.29, 0.717) is 10.6 Å². The summed E-state index contributed by atoms with van der Waals surface area (Å²) in [5, 5.41) is 10.8. The van der Waals surface area contributed by atoms with Crippen LogP contribution >= 0.6 is 27.5 Å². The monoisotopic (exact) mass is 345 g/mol. The fourth-order valence-corrected chi connectivity index (χ4v) is 3.25. The van der Waals surface area contributed by atoms with Gasteiger partial charge in [0.1, 0.15) is 5.75 Å². The molecule has 1 aliphatic heterocycles. The molecule has 0 bridgehead atoms. The van der Waals surface area contributed by atoms with Gasteiger partial charge in [-0.05, 0) is 43.9 Å². The Balaban J connectivity index is 2.23. The van der Waals surface area contributed by atoms with Crippen molar-refractivity contribution in [3.63, 3.8) is 0 Å². The number of amides is 1. The maximum atomic E-state index is 12.6. The van der Waals surface area contributed by atoms with Crippen molar-refractivity contribution in [1.82, 2.24) is 4.90 Å². The number of phenolic OH excluding ortho intramolecular Hbond substituents is 1. The molecule has 104 valence electrons. The lowest BCUT2D eigenvalue weighted by atomic mass is 9.99. The molecule has 0 aliphatic carbocycles. The number of benzene rings is 1. The van der Waals surface area contributed by atoms with E-state index in [4.69, 9.17) is 11.6 Å². The van der Waals surface area contributed by atoms with Gasteiger partial charge in [0.2, 0.25) is 0 Å². The standard InChI is InChI=1S/C14H17BrClNO2/c15-7-6-10-3-1-2-8-17(10)14(19)12-9-11(18)4-5-13(12)16/h4-5,9-10,18H,1-3,6-8H2. The number of alkyl halides is 1. The van der Waals surface area contributed by atoms with Crippen molar-refractivity contribution in [2.45, 2.75) is 31.7 Å². The van der Waals surface area contributed by atoms with Crippen molar-refractivity contribution in [2.24, 2.45) is 0 Å². The first-order valence-electron chi connectivity index (χ1n) is 6.49. The third-order valence-electron chi connectivity index (χ3n) is 3.51. The molecule has 19 heavy (non-hydrogen) atoms. The molecule has 2 rings (SSSR count). The van der Waals surface area contributed by atoms with Crippen LogP contribution in [0, 0.1) is 0 Å². The molecule has 0 aromatic heterocycles. The van der Waals surface area contributed by atoms with Crippen molar-refractivity contribution in [2.75, 3.05) is 11.9 Å². The second kappa shape index (κ2) is 6.62. The second-order valence-corrected chi connectivity index (χ2v) is 5.99. The highest BCUT2D eigenvalue weighted by molar-refractivity contribution is 9.09. The van der Waals surface area contributed by atoms with Gasteiger partial charge in [-0.3, -0.25) is 4.79 Å². The fourth-order valence-electron chi connectivity index (χ4n) is 2.53. The van der Waals surface area contributed by atoms with Crippen LogP contribution < -0.4 is 0 Å². The van der Waals surface area contributed by atoms with Crippen LogP contribution in [0.15, 0.2) is 18.2 Å². The van der Waals surface area contributed by atoms with E-state index in [1.807, 2.05) is 4.90 Å².